The molecule has 0 aliphatic carbocycles. The van der Waals surface area contributed by atoms with Crippen LogP contribution in [0.3, 0.4) is 0 Å². The SMILES string of the molecule is CC(C)NC(=O)[C@@]1(Cc2ccc(-c3cccs3)cc2)CCN(C(=O)c2ccn(C)n2)C1. The summed E-state index contributed by atoms with van der Waals surface area (Å²) in [5.41, 5.74) is 2.06. The number of nitrogens with zero attached hydrogens (tertiary/aromatic N) is 3. The molecule has 0 saturated carbocycles. The third kappa shape index (κ3) is 4.56. The molecule has 7 heteroatoms. The molecule has 2 amide bonds. The van der Waals surface area contributed by atoms with Gasteiger partial charge in [0, 0.05) is 37.3 Å². The molecule has 1 aliphatic rings. The minimum atomic E-state index is -0.640. The summed E-state index contributed by atoms with van der Waals surface area (Å²) in [6.45, 7) is 4.88. The third-order valence-electron chi connectivity index (χ3n) is 5.78. The number of carbonyl (C=O) groups is 2. The fourth-order valence-electron chi connectivity index (χ4n) is 4.18. The molecule has 1 N–H and O–H groups in total. The lowest BCUT2D eigenvalue weighted by Crippen LogP contribution is -2.47. The number of hydrogen-bond acceptors (Lipinski definition) is 4. The Kier molecular flexibility index (Phi) is 5.96. The predicted molar refractivity (Wildman–Crippen MR) is 123 cm³/mol. The van der Waals surface area contributed by atoms with E-state index in [2.05, 4.69) is 46.1 Å². The van der Waals surface area contributed by atoms with Gasteiger partial charge in [-0.15, -0.1) is 11.3 Å². The highest BCUT2D eigenvalue weighted by atomic mass is 32.1. The zero-order valence-electron chi connectivity index (χ0n) is 18.2. The van der Waals surface area contributed by atoms with Crippen molar-refractivity contribution in [2.45, 2.75) is 32.7 Å². The lowest BCUT2D eigenvalue weighted by molar-refractivity contribution is -0.130. The summed E-state index contributed by atoms with van der Waals surface area (Å²) >= 11 is 1.71. The maximum absolute atomic E-state index is 13.3. The fourth-order valence-corrected chi connectivity index (χ4v) is 4.92. The number of nitrogens with one attached hydrogen (secondary N) is 1. The van der Waals surface area contributed by atoms with Crippen molar-refractivity contribution in [3.8, 4) is 10.4 Å². The van der Waals surface area contributed by atoms with E-state index in [-0.39, 0.29) is 17.9 Å². The molecular weight excluding hydrogens is 408 g/mol. The van der Waals surface area contributed by atoms with E-state index in [4.69, 9.17) is 0 Å². The second-order valence-corrected chi connectivity index (χ2v) is 9.56. The molecule has 0 radical (unpaired) electrons. The molecule has 2 aromatic heterocycles. The van der Waals surface area contributed by atoms with Crippen LogP contribution in [0, 0.1) is 5.41 Å². The van der Waals surface area contributed by atoms with Crippen LogP contribution in [0.4, 0.5) is 0 Å². The van der Waals surface area contributed by atoms with Gasteiger partial charge in [0.05, 0.1) is 5.41 Å². The average molecular weight is 437 g/mol. The van der Waals surface area contributed by atoms with Gasteiger partial charge in [-0.3, -0.25) is 14.3 Å². The molecule has 162 valence electrons. The van der Waals surface area contributed by atoms with Crippen molar-refractivity contribution in [1.29, 1.82) is 0 Å². The highest BCUT2D eigenvalue weighted by Crippen LogP contribution is 2.36. The topological polar surface area (TPSA) is 67.2 Å². The first-order valence-corrected chi connectivity index (χ1v) is 11.5. The van der Waals surface area contributed by atoms with Crippen molar-refractivity contribution < 1.29 is 9.59 Å². The van der Waals surface area contributed by atoms with E-state index in [1.165, 1.54) is 10.4 Å². The van der Waals surface area contributed by atoms with Crippen LogP contribution in [-0.4, -0.2) is 45.6 Å². The summed E-state index contributed by atoms with van der Waals surface area (Å²) in [7, 11) is 1.79. The Labute approximate surface area is 186 Å². The van der Waals surface area contributed by atoms with Crippen LogP contribution in [-0.2, 0) is 18.3 Å². The molecule has 0 unspecified atom stereocenters. The lowest BCUT2D eigenvalue weighted by Gasteiger charge is -2.29. The summed E-state index contributed by atoms with van der Waals surface area (Å²) in [4.78, 5) is 29.2. The average Bonchev–Trinajstić information content (AvgIpc) is 3.49. The first-order chi connectivity index (χ1) is 14.9. The van der Waals surface area contributed by atoms with Gasteiger partial charge in [0.1, 0.15) is 5.69 Å². The summed E-state index contributed by atoms with van der Waals surface area (Å²) in [6, 6.07) is 14.3. The zero-order valence-corrected chi connectivity index (χ0v) is 19.0. The zero-order chi connectivity index (χ0) is 22.0. The molecule has 1 atom stereocenters. The van der Waals surface area contributed by atoms with Gasteiger partial charge >= 0.3 is 0 Å². The van der Waals surface area contributed by atoms with Crippen LogP contribution in [0.15, 0.2) is 54.0 Å². The summed E-state index contributed by atoms with van der Waals surface area (Å²) in [6.07, 6.45) is 3.00. The second kappa shape index (κ2) is 8.67. The Bertz CT molecular complexity index is 1060. The second-order valence-electron chi connectivity index (χ2n) is 8.61. The van der Waals surface area contributed by atoms with E-state index >= 15 is 0 Å². The number of likely N-dealkylation sites (tertiary alicyclic amines) is 1. The molecule has 1 saturated heterocycles. The molecule has 6 nitrogen and oxygen atoms in total. The van der Waals surface area contributed by atoms with Gasteiger partial charge in [0.25, 0.3) is 5.91 Å². The van der Waals surface area contributed by atoms with Crippen molar-refractivity contribution in [3.63, 3.8) is 0 Å². The molecule has 0 spiro atoms. The largest absolute Gasteiger partial charge is 0.353 e. The molecule has 31 heavy (non-hydrogen) atoms. The summed E-state index contributed by atoms with van der Waals surface area (Å²) < 4.78 is 1.62. The molecule has 1 fully saturated rings. The Morgan fingerprint density at radius 3 is 2.58 bits per heavy atom. The maximum atomic E-state index is 13.3. The van der Waals surface area contributed by atoms with Gasteiger partial charge in [0.2, 0.25) is 5.91 Å². The highest BCUT2D eigenvalue weighted by Gasteiger charge is 2.46. The Morgan fingerprint density at radius 1 is 1.19 bits per heavy atom. The van der Waals surface area contributed by atoms with Crippen LogP contribution < -0.4 is 5.32 Å². The quantitative estimate of drug-likeness (QED) is 0.640. The van der Waals surface area contributed by atoms with E-state index in [1.807, 2.05) is 19.9 Å². The van der Waals surface area contributed by atoms with E-state index in [1.54, 1.807) is 40.2 Å². The van der Waals surface area contributed by atoms with Gasteiger partial charge in [-0.1, -0.05) is 30.3 Å². The molecule has 3 aromatic rings. The standard InChI is InChI=1S/C24H28N4O2S/c1-17(2)25-23(30)24(11-13-28(16-24)22(29)20-10-12-27(3)26-20)15-18-6-8-19(9-7-18)21-5-4-14-31-21/h4-10,12,14,17H,11,13,15-16H2,1-3H3,(H,25,30)/t24-/m1/s1. The molecule has 4 rings (SSSR count). The first kappa shape index (κ1) is 21.3. The van der Waals surface area contributed by atoms with Crippen molar-refractivity contribution in [2.24, 2.45) is 12.5 Å². The van der Waals surface area contributed by atoms with Crippen molar-refractivity contribution >= 4 is 23.2 Å². The van der Waals surface area contributed by atoms with Crippen molar-refractivity contribution in [1.82, 2.24) is 20.0 Å². The number of aromatic nitrogens is 2. The molecule has 1 aromatic carbocycles. The normalized spacial score (nSPS) is 18.5. The number of benzene rings is 1. The maximum Gasteiger partial charge on any atom is 0.274 e. The fraction of sp³-hybridized carbons (Fsp3) is 0.375. The van der Waals surface area contributed by atoms with Gasteiger partial charge in [-0.05, 0) is 55.3 Å². The molecule has 1 aliphatic heterocycles. The summed E-state index contributed by atoms with van der Waals surface area (Å²) in [5, 5.41) is 9.40. The van der Waals surface area contributed by atoms with Crippen molar-refractivity contribution in [3.05, 3.63) is 65.3 Å². The number of hydrogen-bond donors (Lipinski definition) is 1. The monoisotopic (exact) mass is 436 g/mol. The van der Waals surface area contributed by atoms with Gasteiger partial charge in [0.15, 0.2) is 0 Å². The van der Waals surface area contributed by atoms with Crippen LogP contribution >= 0.6 is 11.3 Å². The Hall–Kier alpha value is -2.93. The number of carbonyl (C=O) groups excluding carboxylic acids is 2. The van der Waals surface area contributed by atoms with Crippen LogP contribution in [0.5, 0.6) is 0 Å². The minimum absolute atomic E-state index is 0.0150. The van der Waals surface area contributed by atoms with E-state index in [0.29, 0.717) is 31.6 Å². The van der Waals surface area contributed by atoms with Crippen LogP contribution in [0.2, 0.25) is 0 Å². The smallest absolute Gasteiger partial charge is 0.274 e. The number of aryl methyl sites for hydroxylation is 1. The third-order valence-corrected chi connectivity index (χ3v) is 6.70. The van der Waals surface area contributed by atoms with E-state index in [0.717, 1.165) is 5.56 Å². The highest BCUT2D eigenvalue weighted by molar-refractivity contribution is 7.13. The van der Waals surface area contributed by atoms with Gasteiger partial charge < -0.3 is 10.2 Å². The lowest BCUT2D eigenvalue weighted by atomic mass is 9.79. The molecule has 3 heterocycles. The number of thiophene rings is 1. The van der Waals surface area contributed by atoms with E-state index in [9.17, 15) is 9.59 Å². The Balaban J connectivity index is 1.56. The number of rotatable bonds is 6. The molecule has 0 bridgehead atoms. The van der Waals surface area contributed by atoms with Crippen LogP contribution in [0.1, 0.15) is 36.3 Å². The van der Waals surface area contributed by atoms with Crippen molar-refractivity contribution in [2.75, 3.05) is 13.1 Å². The molecular formula is C24H28N4O2S. The number of amides is 2. The first-order valence-electron chi connectivity index (χ1n) is 10.6. The van der Waals surface area contributed by atoms with Crippen LogP contribution in [0.25, 0.3) is 10.4 Å². The summed E-state index contributed by atoms with van der Waals surface area (Å²) in [5.74, 6) is -0.103. The Morgan fingerprint density at radius 2 is 1.97 bits per heavy atom. The van der Waals surface area contributed by atoms with Gasteiger partial charge in [-0.25, -0.2) is 0 Å². The minimum Gasteiger partial charge on any atom is -0.353 e. The van der Waals surface area contributed by atoms with E-state index < -0.39 is 5.41 Å². The predicted octanol–water partition coefficient (Wildman–Crippen LogP) is 3.75. The van der Waals surface area contributed by atoms with Gasteiger partial charge in [-0.2, -0.15) is 5.10 Å².